The highest BCUT2D eigenvalue weighted by Gasteiger charge is 2.51. The molecule has 3 amide bonds. The van der Waals surface area contributed by atoms with E-state index in [0.29, 0.717) is 68.4 Å². The van der Waals surface area contributed by atoms with Gasteiger partial charge >= 0.3 is 6.18 Å². The number of benzene rings is 3. The highest BCUT2D eigenvalue weighted by Crippen LogP contribution is 2.41. The van der Waals surface area contributed by atoms with Gasteiger partial charge in [0.1, 0.15) is 17.9 Å². The summed E-state index contributed by atoms with van der Waals surface area (Å²) in [5, 5.41) is 12.2. The fraction of sp³-hybridized carbons (Fsp3) is 0.455. The third-order valence-electron chi connectivity index (χ3n) is 11.5. The molecule has 0 aromatic heterocycles. The molecule has 60 heavy (non-hydrogen) atoms. The van der Waals surface area contributed by atoms with E-state index in [9.17, 15) is 37.6 Å². The lowest BCUT2D eigenvalue weighted by Gasteiger charge is -2.47. The first-order valence-electron chi connectivity index (χ1n) is 19.9. The first-order chi connectivity index (χ1) is 28.2. The number of carbonyl (C=O) groups is 4. The predicted molar refractivity (Wildman–Crippen MR) is 226 cm³/mol. The van der Waals surface area contributed by atoms with Gasteiger partial charge < -0.3 is 9.64 Å². The van der Waals surface area contributed by atoms with Crippen molar-refractivity contribution >= 4 is 63.8 Å². The number of nitrogens with one attached hydrogen (secondary N) is 1. The molecule has 3 saturated heterocycles. The molecule has 6 rings (SSSR count). The number of rotatable bonds is 13. The number of ketones is 1. The van der Waals surface area contributed by atoms with E-state index >= 15 is 0 Å². The zero-order valence-electron chi connectivity index (χ0n) is 34.2. The van der Waals surface area contributed by atoms with Crippen molar-refractivity contribution in [3.05, 3.63) is 87.4 Å². The van der Waals surface area contributed by atoms with Crippen molar-refractivity contribution in [2.24, 2.45) is 5.92 Å². The van der Waals surface area contributed by atoms with Gasteiger partial charge in [0.25, 0.3) is 5.91 Å². The summed E-state index contributed by atoms with van der Waals surface area (Å²) >= 11 is 12.1. The number of nitrogens with zero attached hydrogens (tertiary/aromatic N) is 5. The summed E-state index contributed by atoms with van der Waals surface area (Å²) in [5.41, 5.74) is -0.195. The summed E-state index contributed by atoms with van der Waals surface area (Å²) in [7, 11) is 0. The summed E-state index contributed by atoms with van der Waals surface area (Å²) in [6.07, 6.45) is -2.76. The number of halogens is 4. The molecule has 0 saturated carbocycles. The summed E-state index contributed by atoms with van der Waals surface area (Å²) in [6, 6.07) is 15.7. The minimum Gasteiger partial charge on any atom is -0.492 e. The molecule has 3 aromatic rings. The number of aryl methyl sites for hydroxylation is 1. The molecule has 11 nitrogen and oxygen atoms in total. The Kier molecular flexibility index (Phi) is 13.1. The SMILES string of the molecule is CCc1cc(N2C(=S)N(c3ccc(C#N)c(C(F)(F)F)c3)C(=O)C2(C)C)ccc1OCCN1CCN(CC(=O)Cc2cc(Cl)cc(CC3CCC(=O)NC3=O)c2)C(C)(C)C1. The summed E-state index contributed by atoms with van der Waals surface area (Å²) < 4.78 is 47.7. The zero-order chi connectivity index (χ0) is 43.7. The number of nitriles is 1. The van der Waals surface area contributed by atoms with Crippen molar-refractivity contribution < 1.29 is 37.1 Å². The van der Waals surface area contributed by atoms with Gasteiger partial charge in [-0.25, -0.2) is 0 Å². The second-order valence-corrected chi connectivity index (χ2v) is 17.5. The molecule has 1 N–H and O–H groups in total. The Hall–Kier alpha value is -4.88. The van der Waals surface area contributed by atoms with Gasteiger partial charge in [0.2, 0.25) is 11.8 Å². The van der Waals surface area contributed by atoms with E-state index in [2.05, 4.69) is 29.0 Å². The normalized spacial score (nSPS) is 19.7. The third-order valence-corrected chi connectivity index (χ3v) is 12.1. The second-order valence-electron chi connectivity index (χ2n) is 16.7. The number of carbonyl (C=O) groups excluding carboxylic acids is 4. The van der Waals surface area contributed by atoms with Gasteiger partial charge in [0, 0.05) is 61.2 Å². The molecule has 0 radical (unpaired) electrons. The quantitative estimate of drug-likeness (QED) is 0.144. The molecular weight excluding hydrogens is 817 g/mol. The Labute approximate surface area is 358 Å². The molecule has 3 aliphatic heterocycles. The largest absolute Gasteiger partial charge is 0.492 e. The Bertz CT molecular complexity index is 2260. The molecular formula is C44H48ClF3N6O5S. The molecule has 3 fully saturated rings. The van der Waals surface area contributed by atoms with Crippen LogP contribution in [-0.2, 0) is 44.6 Å². The van der Waals surface area contributed by atoms with Crippen molar-refractivity contribution in [2.45, 2.75) is 84.0 Å². The minimum atomic E-state index is -4.80. The van der Waals surface area contributed by atoms with Crippen molar-refractivity contribution in [1.82, 2.24) is 15.1 Å². The van der Waals surface area contributed by atoms with E-state index in [1.165, 1.54) is 6.07 Å². The summed E-state index contributed by atoms with van der Waals surface area (Å²) in [6.45, 7) is 13.0. The molecule has 0 spiro atoms. The highest BCUT2D eigenvalue weighted by molar-refractivity contribution is 7.81. The van der Waals surface area contributed by atoms with Crippen LogP contribution in [0.1, 0.15) is 75.3 Å². The van der Waals surface area contributed by atoms with E-state index < -0.39 is 28.7 Å². The number of alkyl halides is 3. The van der Waals surface area contributed by atoms with Gasteiger partial charge in [0.05, 0.1) is 29.4 Å². The first kappa shape index (κ1) is 44.7. The van der Waals surface area contributed by atoms with Crippen LogP contribution in [0.25, 0.3) is 0 Å². The first-order valence-corrected chi connectivity index (χ1v) is 20.7. The lowest BCUT2D eigenvalue weighted by molar-refractivity contribution is -0.138. The van der Waals surface area contributed by atoms with Crippen LogP contribution in [0.2, 0.25) is 5.02 Å². The third kappa shape index (κ3) is 9.68. The van der Waals surface area contributed by atoms with Crippen LogP contribution in [-0.4, -0.2) is 88.8 Å². The van der Waals surface area contributed by atoms with Crippen LogP contribution in [0.15, 0.2) is 54.6 Å². The topological polar surface area (TPSA) is 126 Å². The average molecular weight is 865 g/mol. The van der Waals surface area contributed by atoms with Crippen LogP contribution >= 0.6 is 23.8 Å². The van der Waals surface area contributed by atoms with E-state index in [1.54, 1.807) is 43.0 Å². The molecule has 0 bridgehead atoms. The van der Waals surface area contributed by atoms with Gasteiger partial charge in [-0.15, -0.1) is 0 Å². The van der Waals surface area contributed by atoms with Crippen LogP contribution in [0, 0.1) is 17.2 Å². The molecule has 318 valence electrons. The lowest BCUT2D eigenvalue weighted by Crippen LogP contribution is -2.60. The Morgan fingerprint density at radius 3 is 2.40 bits per heavy atom. The Morgan fingerprint density at radius 2 is 1.73 bits per heavy atom. The zero-order valence-corrected chi connectivity index (χ0v) is 35.8. The highest BCUT2D eigenvalue weighted by atomic mass is 35.5. The Morgan fingerprint density at radius 1 is 1.02 bits per heavy atom. The number of anilines is 2. The van der Waals surface area contributed by atoms with Gasteiger partial charge in [-0.2, -0.15) is 18.4 Å². The maximum absolute atomic E-state index is 13.8. The van der Waals surface area contributed by atoms with Crippen LogP contribution in [0.5, 0.6) is 5.75 Å². The molecule has 3 aliphatic rings. The van der Waals surface area contributed by atoms with Gasteiger partial charge in [-0.3, -0.25) is 39.2 Å². The minimum absolute atomic E-state index is 0.0163. The van der Waals surface area contributed by atoms with E-state index in [4.69, 9.17) is 28.6 Å². The van der Waals surface area contributed by atoms with Crippen LogP contribution in [0.4, 0.5) is 24.5 Å². The maximum atomic E-state index is 13.8. The Balaban J connectivity index is 1.04. The molecule has 0 aliphatic carbocycles. The van der Waals surface area contributed by atoms with Crippen LogP contribution in [0.3, 0.4) is 0 Å². The number of hydrogen-bond donors (Lipinski definition) is 1. The number of amides is 3. The molecule has 1 unspecified atom stereocenters. The number of thiocarbonyl (C=S) groups is 1. The number of piperazine rings is 1. The van der Waals surface area contributed by atoms with Gasteiger partial charge in [-0.1, -0.05) is 24.6 Å². The van der Waals surface area contributed by atoms with Crippen molar-refractivity contribution in [3.8, 4) is 11.8 Å². The molecule has 3 aromatic carbocycles. The number of piperidine rings is 1. The lowest BCUT2D eigenvalue weighted by atomic mass is 9.90. The van der Waals surface area contributed by atoms with E-state index in [1.807, 2.05) is 25.1 Å². The number of imide groups is 1. The number of hydrogen-bond acceptors (Lipinski definition) is 9. The maximum Gasteiger partial charge on any atom is 0.417 e. The van der Waals surface area contributed by atoms with Crippen LogP contribution < -0.4 is 19.9 Å². The van der Waals surface area contributed by atoms with Crippen molar-refractivity contribution in [2.75, 3.05) is 49.1 Å². The van der Waals surface area contributed by atoms with E-state index in [-0.39, 0.29) is 52.8 Å². The second kappa shape index (κ2) is 17.6. The van der Waals surface area contributed by atoms with Gasteiger partial charge in [-0.05, 0) is 124 Å². The van der Waals surface area contributed by atoms with Crippen molar-refractivity contribution in [1.29, 1.82) is 5.26 Å². The summed E-state index contributed by atoms with van der Waals surface area (Å²) in [4.78, 5) is 58.2. The van der Waals surface area contributed by atoms with E-state index in [0.717, 1.165) is 40.3 Å². The molecule has 16 heteroatoms. The average Bonchev–Trinajstić information content (AvgIpc) is 3.34. The van der Waals surface area contributed by atoms with Crippen molar-refractivity contribution in [3.63, 3.8) is 0 Å². The predicted octanol–water partition coefficient (Wildman–Crippen LogP) is 6.89. The molecule has 1 atom stereocenters. The number of ether oxygens (including phenoxy) is 1. The summed E-state index contributed by atoms with van der Waals surface area (Å²) in [5.74, 6) is -0.634. The monoisotopic (exact) mass is 864 g/mol. The smallest absolute Gasteiger partial charge is 0.417 e. The number of Topliss-reactive ketones (excluding diaryl/α,β-unsaturated/α-hetero) is 1. The van der Waals surface area contributed by atoms with Gasteiger partial charge in [0.15, 0.2) is 10.9 Å². The standard InChI is InChI=1S/C44H48ClF3N6O5S/c1-6-29-22-34(54-41(60)53(40(58)43(54,4)5)33-9-7-31(24-49)36(23-33)44(46,47)48)10-11-37(29)59-16-15-51-13-14-52(42(2,3)26-51)25-35(55)21-28-17-27(19-32(45)20-28)18-30-8-12-38(56)50-39(30)57/h7,9-11,17,19-20,22-23,30H,6,8,12-16,18,21,25-26H2,1-5H3,(H,50,56,57). The fourth-order valence-corrected chi connectivity index (χ4v) is 9.09. The molecule has 3 heterocycles. The fourth-order valence-electron chi connectivity index (χ4n) is 8.29.